The van der Waals surface area contributed by atoms with E-state index < -0.39 is 0 Å². The zero-order valence-corrected chi connectivity index (χ0v) is 19.0. The number of halogens is 1. The van der Waals surface area contributed by atoms with Gasteiger partial charge in [0.1, 0.15) is 22.5 Å². The smallest absolute Gasteiger partial charge is 0.135 e. The highest BCUT2D eigenvalue weighted by molar-refractivity contribution is 6.30. The predicted octanol–water partition coefficient (Wildman–Crippen LogP) is 5.76. The molecule has 3 aromatic rings. The monoisotopic (exact) mass is 439 g/mol. The first-order chi connectivity index (χ1) is 15.1. The molecule has 164 valence electrons. The molecule has 1 saturated heterocycles. The maximum Gasteiger partial charge on any atom is 0.135 e. The number of fused-ring (bicyclic) bond motifs is 1. The van der Waals surface area contributed by atoms with Crippen molar-refractivity contribution in [2.75, 3.05) is 31.6 Å². The van der Waals surface area contributed by atoms with Crippen LogP contribution in [0.3, 0.4) is 0 Å². The number of anilines is 1. The van der Waals surface area contributed by atoms with Crippen LogP contribution in [-0.2, 0) is 6.54 Å². The Balaban J connectivity index is 1.38. The molecule has 1 fully saturated rings. The molecule has 1 aliphatic heterocycles. The number of pyridine rings is 1. The minimum absolute atomic E-state index is 0.388. The lowest BCUT2D eigenvalue weighted by Gasteiger charge is -2.33. The van der Waals surface area contributed by atoms with Crippen molar-refractivity contribution < 1.29 is 9.47 Å². The van der Waals surface area contributed by atoms with E-state index in [0.717, 1.165) is 60.6 Å². The zero-order valence-electron chi connectivity index (χ0n) is 18.2. The molecule has 2 aromatic carbocycles. The van der Waals surface area contributed by atoms with Gasteiger partial charge >= 0.3 is 0 Å². The highest BCUT2D eigenvalue weighted by Gasteiger charge is 2.21. The van der Waals surface area contributed by atoms with Gasteiger partial charge in [-0.3, -0.25) is 4.90 Å². The summed E-state index contributed by atoms with van der Waals surface area (Å²) in [7, 11) is 0. The standard InChI is InChI=1S/C25H30ClN3O2/c1-3-30-21-13-18(14-22(16-21)31-4-2)17-29-11-9-20(10-12-29)27-25-23-8-6-5-7-19(23)15-24(26)28-25/h5-8,13-16,20H,3-4,9-12,17H2,1-2H3,(H,27,28). The Morgan fingerprint density at radius 1 is 1.00 bits per heavy atom. The van der Waals surface area contributed by atoms with Crippen LogP contribution in [0.15, 0.2) is 48.5 Å². The van der Waals surface area contributed by atoms with Gasteiger partial charge in [-0.05, 0) is 55.8 Å². The Morgan fingerprint density at radius 2 is 1.68 bits per heavy atom. The molecule has 0 amide bonds. The van der Waals surface area contributed by atoms with E-state index in [9.17, 15) is 0 Å². The third-order valence-corrected chi connectivity index (χ3v) is 5.80. The van der Waals surface area contributed by atoms with Crippen LogP contribution < -0.4 is 14.8 Å². The number of aromatic nitrogens is 1. The lowest BCUT2D eigenvalue weighted by molar-refractivity contribution is 0.210. The number of nitrogens with zero attached hydrogens (tertiary/aromatic N) is 2. The third kappa shape index (κ3) is 5.60. The van der Waals surface area contributed by atoms with Crippen molar-refractivity contribution >= 4 is 28.2 Å². The van der Waals surface area contributed by atoms with Crippen molar-refractivity contribution in [2.45, 2.75) is 39.3 Å². The molecule has 0 spiro atoms. The Bertz CT molecular complexity index is 995. The molecular formula is C25H30ClN3O2. The summed E-state index contributed by atoms with van der Waals surface area (Å²) >= 11 is 6.25. The molecule has 0 saturated carbocycles. The van der Waals surface area contributed by atoms with E-state index in [1.807, 2.05) is 38.1 Å². The number of ether oxygens (including phenoxy) is 2. The number of piperidine rings is 1. The van der Waals surface area contributed by atoms with Gasteiger partial charge < -0.3 is 14.8 Å². The molecule has 2 heterocycles. The van der Waals surface area contributed by atoms with Crippen LogP contribution in [0.25, 0.3) is 10.8 Å². The van der Waals surface area contributed by atoms with Crippen LogP contribution in [0, 0.1) is 0 Å². The fourth-order valence-corrected chi connectivity index (χ4v) is 4.39. The Morgan fingerprint density at radius 3 is 2.35 bits per heavy atom. The van der Waals surface area contributed by atoms with Crippen molar-refractivity contribution in [1.82, 2.24) is 9.88 Å². The fourth-order valence-electron chi connectivity index (χ4n) is 4.19. The van der Waals surface area contributed by atoms with Crippen LogP contribution >= 0.6 is 11.6 Å². The number of benzene rings is 2. The van der Waals surface area contributed by atoms with Gasteiger partial charge in [-0.1, -0.05) is 35.9 Å². The van der Waals surface area contributed by atoms with Crippen LogP contribution in [0.4, 0.5) is 5.82 Å². The van der Waals surface area contributed by atoms with Crippen LogP contribution in [0.1, 0.15) is 32.3 Å². The number of hydrogen-bond acceptors (Lipinski definition) is 5. The first-order valence-electron chi connectivity index (χ1n) is 11.1. The molecular weight excluding hydrogens is 410 g/mol. The van der Waals surface area contributed by atoms with E-state index in [1.165, 1.54) is 5.56 Å². The normalized spacial score (nSPS) is 15.2. The lowest BCUT2D eigenvalue weighted by atomic mass is 10.0. The van der Waals surface area contributed by atoms with E-state index in [1.54, 1.807) is 0 Å². The van der Waals surface area contributed by atoms with Crippen LogP contribution in [0.2, 0.25) is 5.15 Å². The molecule has 0 aliphatic carbocycles. The molecule has 1 aliphatic rings. The highest BCUT2D eigenvalue weighted by atomic mass is 35.5. The summed E-state index contributed by atoms with van der Waals surface area (Å²) in [4.78, 5) is 7.04. The molecule has 1 aromatic heterocycles. The van der Waals surface area contributed by atoms with Crippen LogP contribution in [0.5, 0.6) is 11.5 Å². The summed E-state index contributed by atoms with van der Waals surface area (Å²) in [6, 6.07) is 16.8. The first-order valence-corrected chi connectivity index (χ1v) is 11.5. The topological polar surface area (TPSA) is 46.6 Å². The Labute approximate surface area is 189 Å². The maximum absolute atomic E-state index is 6.25. The van der Waals surface area contributed by atoms with Crippen molar-refractivity contribution in [2.24, 2.45) is 0 Å². The van der Waals surface area contributed by atoms with Gasteiger partial charge in [0, 0.05) is 37.1 Å². The van der Waals surface area contributed by atoms with Gasteiger partial charge in [0.25, 0.3) is 0 Å². The minimum Gasteiger partial charge on any atom is -0.494 e. The van der Waals surface area contributed by atoms with Gasteiger partial charge in [-0.15, -0.1) is 0 Å². The van der Waals surface area contributed by atoms with E-state index in [-0.39, 0.29) is 0 Å². The molecule has 4 rings (SSSR count). The molecule has 0 unspecified atom stereocenters. The molecule has 5 nitrogen and oxygen atoms in total. The fraction of sp³-hybridized carbons (Fsp3) is 0.400. The second-order valence-electron chi connectivity index (χ2n) is 7.89. The van der Waals surface area contributed by atoms with E-state index in [0.29, 0.717) is 24.4 Å². The van der Waals surface area contributed by atoms with Crippen molar-refractivity contribution in [1.29, 1.82) is 0 Å². The summed E-state index contributed by atoms with van der Waals surface area (Å²) in [5.41, 5.74) is 1.23. The summed E-state index contributed by atoms with van der Waals surface area (Å²) in [5, 5.41) is 6.39. The van der Waals surface area contributed by atoms with E-state index in [2.05, 4.69) is 39.5 Å². The lowest BCUT2D eigenvalue weighted by Crippen LogP contribution is -2.38. The van der Waals surface area contributed by atoms with Crippen molar-refractivity contribution in [3.8, 4) is 11.5 Å². The van der Waals surface area contributed by atoms with Gasteiger partial charge in [0.05, 0.1) is 13.2 Å². The number of hydrogen-bond donors (Lipinski definition) is 1. The summed E-state index contributed by atoms with van der Waals surface area (Å²) in [5.74, 6) is 2.63. The van der Waals surface area contributed by atoms with Gasteiger partial charge in [0.2, 0.25) is 0 Å². The van der Waals surface area contributed by atoms with Gasteiger partial charge in [-0.2, -0.15) is 0 Å². The Kier molecular flexibility index (Phi) is 7.15. The van der Waals surface area contributed by atoms with E-state index in [4.69, 9.17) is 21.1 Å². The summed E-state index contributed by atoms with van der Waals surface area (Å²) < 4.78 is 11.4. The molecule has 0 atom stereocenters. The third-order valence-electron chi connectivity index (χ3n) is 5.61. The number of likely N-dealkylation sites (tertiary alicyclic amines) is 1. The number of nitrogens with one attached hydrogen (secondary N) is 1. The molecule has 6 heteroatoms. The first kappa shape index (κ1) is 21.7. The second-order valence-corrected chi connectivity index (χ2v) is 8.28. The van der Waals surface area contributed by atoms with Gasteiger partial charge in [-0.25, -0.2) is 4.98 Å². The van der Waals surface area contributed by atoms with Crippen LogP contribution in [-0.4, -0.2) is 42.2 Å². The summed E-state index contributed by atoms with van der Waals surface area (Å²) in [6.45, 7) is 8.26. The quantitative estimate of drug-likeness (QED) is 0.452. The molecule has 1 N–H and O–H groups in total. The molecule has 31 heavy (non-hydrogen) atoms. The van der Waals surface area contributed by atoms with Crippen molar-refractivity contribution in [3.05, 3.63) is 59.2 Å². The predicted molar refractivity (Wildman–Crippen MR) is 127 cm³/mol. The van der Waals surface area contributed by atoms with Gasteiger partial charge in [0.15, 0.2) is 0 Å². The average molecular weight is 440 g/mol. The molecule has 0 bridgehead atoms. The number of rotatable bonds is 8. The minimum atomic E-state index is 0.388. The Hall–Kier alpha value is -2.50. The highest BCUT2D eigenvalue weighted by Crippen LogP contribution is 2.28. The second kappa shape index (κ2) is 10.2. The molecule has 0 radical (unpaired) electrons. The van der Waals surface area contributed by atoms with Crippen molar-refractivity contribution in [3.63, 3.8) is 0 Å². The SMILES string of the molecule is CCOc1cc(CN2CCC(Nc3nc(Cl)cc4ccccc34)CC2)cc(OCC)c1. The average Bonchev–Trinajstić information content (AvgIpc) is 2.75. The maximum atomic E-state index is 6.25. The van der Waals surface area contributed by atoms with E-state index >= 15 is 0 Å². The summed E-state index contributed by atoms with van der Waals surface area (Å²) in [6.07, 6.45) is 2.12. The zero-order chi connectivity index (χ0) is 21.6. The largest absolute Gasteiger partial charge is 0.494 e.